The van der Waals surface area contributed by atoms with E-state index in [9.17, 15) is 4.79 Å². The standard InChI is InChI=1S/C8H9N3O2/c1-13-8(12)7-6(3-2-4-9)5-10-11-7/h5H,4,9H2,1H3,(H,10,11). The van der Waals surface area contributed by atoms with Gasteiger partial charge in [-0.15, -0.1) is 0 Å². The zero-order chi connectivity index (χ0) is 9.68. The van der Waals surface area contributed by atoms with Crippen molar-refractivity contribution >= 4 is 5.97 Å². The van der Waals surface area contributed by atoms with E-state index < -0.39 is 5.97 Å². The summed E-state index contributed by atoms with van der Waals surface area (Å²) in [5.74, 6) is 4.83. The van der Waals surface area contributed by atoms with E-state index in [2.05, 4.69) is 26.8 Å². The van der Waals surface area contributed by atoms with Gasteiger partial charge in [-0.05, 0) is 0 Å². The highest BCUT2D eigenvalue weighted by Crippen LogP contribution is 2.03. The number of rotatable bonds is 1. The molecule has 0 amide bonds. The van der Waals surface area contributed by atoms with Gasteiger partial charge in [0, 0.05) is 0 Å². The fourth-order valence-corrected chi connectivity index (χ4v) is 0.785. The molecule has 1 heterocycles. The molecule has 3 N–H and O–H groups in total. The molecule has 0 aliphatic rings. The van der Waals surface area contributed by atoms with Gasteiger partial charge in [0.2, 0.25) is 0 Å². The summed E-state index contributed by atoms with van der Waals surface area (Å²) in [4.78, 5) is 11.1. The molecule has 1 aromatic heterocycles. The van der Waals surface area contributed by atoms with Crippen LogP contribution in [0.4, 0.5) is 0 Å². The lowest BCUT2D eigenvalue weighted by Crippen LogP contribution is -2.04. The average molecular weight is 179 g/mol. The number of nitrogens with zero attached hydrogens (tertiary/aromatic N) is 1. The first-order valence-electron chi connectivity index (χ1n) is 3.60. The van der Waals surface area contributed by atoms with Crippen LogP contribution >= 0.6 is 0 Å². The molecule has 0 radical (unpaired) electrons. The summed E-state index contributed by atoms with van der Waals surface area (Å²) in [5.41, 5.74) is 5.93. The maximum Gasteiger partial charge on any atom is 0.357 e. The van der Waals surface area contributed by atoms with Crippen molar-refractivity contribution in [3.63, 3.8) is 0 Å². The van der Waals surface area contributed by atoms with Gasteiger partial charge in [0.15, 0.2) is 5.69 Å². The molecule has 0 aromatic carbocycles. The van der Waals surface area contributed by atoms with Crippen molar-refractivity contribution in [1.29, 1.82) is 0 Å². The first-order chi connectivity index (χ1) is 6.29. The molecule has 5 heteroatoms. The molecular formula is C8H9N3O2. The van der Waals surface area contributed by atoms with Gasteiger partial charge in [-0.25, -0.2) is 4.79 Å². The van der Waals surface area contributed by atoms with E-state index in [0.29, 0.717) is 5.56 Å². The molecule has 0 saturated carbocycles. The van der Waals surface area contributed by atoms with Gasteiger partial charge in [-0.2, -0.15) is 5.10 Å². The highest BCUT2D eigenvalue weighted by molar-refractivity contribution is 5.89. The minimum absolute atomic E-state index is 0.242. The second-order valence-corrected chi connectivity index (χ2v) is 2.16. The molecule has 0 saturated heterocycles. The Bertz CT molecular complexity index is 359. The number of nitrogens with two attached hydrogens (primary N) is 1. The van der Waals surface area contributed by atoms with Gasteiger partial charge < -0.3 is 10.5 Å². The number of methoxy groups -OCH3 is 1. The number of ether oxygens (including phenoxy) is 1. The van der Waals surface area contributed by atoms with Crippen molar-refractivity contribution in [1.82, 2.24) is 10.2 Å². The van der Waals surface area contributed by atoms with Crippen molar-refractivity contribution in [3.05, 3.63) is 17.5 Å². The zero-order valence-electron chi connectivity index (χ0n) is 7.13. The molecule has 68 valence electrons. The molecule has 0 aliphatic carbocycles. The Balaban J connectivity index is 2.96. The topological polar surface area (TPSA) is 81.0 Å². The number of aromatic nitrogens is 2. The fraction of sp³-hybridized carbons (Fsp3) is 0.250. The van der Waals surface area contributed by atoms with E-state index in [1.165, 1.54) is 13.3 Å². The second kappa shape index (κ2) is 4.28. The fourth-order valence-electron chi connectivity index (χ4n) is 0.785. The van der Waals surface area contributed by atoms with Crippen LogP contribution in [-0.4, -0.2) is 29.8 Å². The molecule has 0 spiro atoms. The minimum Gasteiger partial charge on any atom is -0.464 e. The highest BCUT2D eigenvalue weighted by atomic mass is 16.5. The van der Waals surface area contributed by atoms with E-state index in [4.69, 9.17) is 5.73 Å². The molecule has 0 bridgehead atoms. The maximum atomic E-state index is 11.1. The molecular weight excluding hydrogens is 170 g/mol. The molecule has 1 aromatic rings. The molecule has 0 fully saturated rings. The highest BCUT2D eigenvalue weighted by Gasteiger charge is 2.11. The monoisotopic (exact) mass is 179 g/mol. The van der Waals surface area contributed by atoms with Crippen LogP contribution in [0, 0.1) is 11.8 Å². The molecule has 5 nitrogen and oxygen atoms in total. The molecule has 1 rings (SSSR count). The lowest BCUT2D eigenvalue weighted by molar-refractivity contribution is 0.0593. The number of carbonyl (C=O) groups excluding carboxylic acids is 1. The largest absolute Gasteiger partial charge is 0.464 e. The Morgan fingerprint density at radius 3 is 3.23 bits per heavy atom. The van der Waals surface area contributed by atoms with Crippen molar-refractivity contribution < 1.29 is 9.53 Å². The SMILES string of the molecule is COC(=O)c1[nH]ncc1C#CCN. The van der Waals surface area contributed by atoms with Crippen LogP contribution in [0.2, 0.25) is 0 Å². The Morgan fingerprint density at radius 2 is 2.62 bits per heavy atom. The van der Waals surface area contributed by atoms with Crippen molar-refractivity contribution in [3.8, 4) is 11.8 Å². The Morgan fingerprint density at radius 1 is 1.85 bits per heavy atom. The molecule has 0 atom stereocenters. The third-order valence-corrected chi connectivity index (χ3v) is 1.35. The van der Waals surface area contributed by atoms with Crippen LogP contribution in [0.5, 0.6) is 0 Å². The number of hydrogen-bond donors (Lipinski definition) is 2. The molecule has 0 unspecified atom stereocenters. The predicted octanol–water partition coefficient (Wildman–Crippen LogP) is -0.493. The lowest BCUT2D eigenvalue weighted by Gasteiger charge is -1.93. The summed E-state index contributed by atoms with van der Waals surface area (Å²) >= 11 is 0. The zero-order valence-corrected chi connectivity index (χ0v) is 7.13. The van der Waals surface area contributed by atoms with Crippen molar-refractivity contribution in [2.75, 3.05) is 13.7 Å². The van der Waals surface area contributed by atoms with E-state index in [-0.39, 0.29) is 12.2 Å². The van der Waals surface area contributed by atoms with Gasteiger partial charge in [-0.3, -0.25) is 5.10 Å². The van der Waals surface area contributed by atoms with Gasteiger partial charge in [0.05, 0.1) is 25.4 Å². The van der Waals surface area contributed by atoms with E-state index >= 15 is 0 Å². The van der Waals surface area contributed by atoms with Crippen LogP contribution in [0.1, 0.15) is 16.1 Å². The Kier molecular flexibility index (Phi) is 3.06. The van der Waals surface area contributed by atoms with E-state index in [1.54, 1.807) is 0 Å². The molecule has 0 aliphatic heterocycles. The number of esters is 1. The number of aromatic amines is 1. The minimum atomic E-state index is -0.487. The van der Waals surface area contributed by atoms with Gasteiger partial charge in [0.1, 0.15) is 0 Å². The summed E-state index contributed by atoms with van der Waals surface area (Å²) in [6.45, 7) is 0.242. The van der Waals surface area contributed by atoms with Gasteiger partial charge in [0.25, 0.3) is 0 Å². The quantitative estimate of drug-likeness (QED) is 0.450. The normalized spacial score (nSPS) is 8.77. The van der Waals surface area contributed by atoms with Gasteiger partial charge >= 0.3 is 5.97 Å². The summed E-state index contributed by atoms with van der Waals surface area (Å²) in [6.07, 6.45) is 1.45. The van der Waals surface area contributed by atoms with Crippen LogP contribution < -0.4 is 5.73 Å². The number of H-pyrrole nitrogens is 1. The van der Waals surface area contributed by atoms with Crippen LogP contribution in [-0.2, 0) is 4.74 Å². The number of nitrogens with one attached hydrogen (secondary N) is 1. The smallest absolute Gasteiger partial charge is 0.357 e. The summed E-state index contributed by atoms with van der Waals surface area (Å²) in [6, 6.07) is 0. The number of carbonyl (C=O) groups is 1. The third-order valence-electron chi connectivity index (χ3n) is 1.35. The molecule has 13 heavy (non-hydrogen) atoms. The third kappa shape index (κ3) is 2.07. The van der Waals surface area contributed by atoms with E-state index in [0.717, 1.165) is 0 Å². The second-order valence-electron chi connectivity index (χ2n) is 2.16. The Hall–Kier alpha value is -1.80. The lowest BCUT2D eigenvalue weighted by atomic mass is 10.2. The van der Waals surface area contributed by atoms with Crippen molar-refractivity contribution in [2.45, 2.75) is 0 Å². The van der Waals surface area contributed by atoms with Crippen molar-refractivity contribution in [2.24, 2.45) is 5.73 Å². The average Bonchev–Trinajstić information content (AvgIpc) is 2.61. The van der Waals surface area contributed by atoms with Crippen LogP contribution in [0.3, 0.4) is 0 Å². The van der Waals surface area contributed by atoms with E-state index in [1.807, 2.05) is 0 Å². The summed E-state index contributed by atoms with van der Waals surface area (Å²) in [5, 5.41) is 6.17. The van der Waals surface area contributed by atoms with Crippen LogP contribution in [0.25, 0.3) is 0 Å². The summed E-state index contributed by atoms with van der Waals surface area (Å²) in [7, 11) is 1.29. The maximum absolute atomic E-state index is 11.1. The summed E-state index contributed by atoms with van der Waals surface area (Å²) < 4.78 is 4.51. The first kappa shape index (κ1) is 9.29. The predicted molar refractivity (Wildman–Crippen MR) is 45.9 cm³/mol. The first-order valence-corrected chi connectivity index (χ1v) is 3.60. The van der Waals surface area contributed by atoms with Gasteiger partial charge in [-0.1, -0.05) is 11.8 Å². The van der Waals surface area contributed by atoms with Crippen LogP contribution in [0.15, 0.2) is 6.20 Å². The number of hydrogen-bond acceptors (Lipinski definition) is 4. The Labute approximate surface area is 75.3 Å².